The second kappa shape index (κ2) is 16.0. The average Bonchev–Trinajstić information content (AvgIpc) is 3.95. The Morgan fingerprint density at radius 1 is 0.328 bits per heavy atom. The zero-order valence-corrected chi connectivity index (χ0v) is 36.6. The summed E-state index contributed by atoms with van der Waals surface area (Å²) in [4.78, 5) is 2.44. The maximum absolute atomic E-state index is 6.71. The van der Waals surface area contributed by atoms with Crippen molar-refractivity contribution in [2.45, 2.75) is 0 Å². The highest BCUT2D eigenvalue weighted by molar-refractivity contribution is 6.13. The molecule has 314 valence electrons. The van der Waals surface area contributed by atoms with Crippen LogP contribution in [0, 0.1) is 0 Å². The minimum atomic E-state index is 0.879. The first-order valence-corrected chi connectivity index (χ1v) is 22.9. The van der Waals surface area contributed by atoms with Gasteiger partial charge in [0.25, 0.3) is 0 Å². The van der Waals surface area contributed by atoms with E-state index in [9.17, 15) is 0 Å². The molecule has 0 saturated carbocycles. The summed E-state index contributed by atoms with van der Waals surface area (Å²) in [5.41, 5.74) is 17.6. The highest BCUT2D eigenvalue weighted by Crippen LogP contribution is 2.49. The van der Waals surface area contributed by atoms with E-state index in [1.807, 2.05) is 6.07 Å². The van der Waals surface area contributed by atoms with Gasteiger partial charge < -0.3 is 13.9 Å². The van der Waals surface area contributed by atoms with Crippen molar-refractivity contribution in [2.24, 2.45) is 0 Å². The lowest BCUT2D eigenvalue weighted by molar-refractivity contribution is 0.670. The van der Waals surface area contributed by atoms with E-state index in [-0.39, 0.29) is 0 Å². The first-order chi connectivity index (χ1) is 33.3. The van der Waals surface area contributed by atoms with E-state index in [4.69, 9.17) is 4.42 Å². The largest absolute Gasteiger partial charge is 0.455 e. The summed E-state index contributed by atoms with van der Waals surface area (Å²) < 4.78 is 9.10. The Bertz CT molecular complexity index is 3970. The van der Waals surface area contributed by atoms with Gasteiger partial charge in [-0.2, -0.15) is 0 Å². The highest BCUT2D eigenvalue weighted by Gasteiger charge is 2.24. The van der Waals surface area contributed by atoms with Gasteiger partial charge in [0.05, 0.1) is 22.4 Å². The van der Waals surface area contributed by atoms with Gasteiger partial charge in [-0.05, 0) is 93.2 Å². The van der Waals surface area contributed by atoms with E-state index in [2.05, 4.69) is 258 Å². The molecule has 0 aliphatic carbocycles. The Kier molecular flexibility index (Phi) is 9.17. The molecule has 13 rings (SSSR count). The van der Waals surface area contributed by atoms with E-state index < -0.39 is 0 Å². The minimum Gasteiger partial charge on any atom is -0.455 e. The van der Waals surface area contributed by atoms with Crippen LogP contribution in [-0.4, -0.2) is 4.57 Å². The number of hydrogen-bond acceptors (Lipinski definition) is 2. The molecule has 67 heavy (non-hydrogen) atoms. The number of hydrogen-bond donors (Lipinski definition) is 0. The van der Waals surface area contributed by atoms with Crippen LogP contribution >= 0.6 is 0 Å². The Labute approximate surface area is 388 Å². The zero-order valence-electron chi connectivity index (χ0n) is 36.6. The van der Waals surface area contributed by atoms with Crippen molar-refractivity contribution >= 4 is 71.6 Å². The molecule has 3 nitrogen and oxygen atoms in total. The molecule has 0 aliphatic rings. The fraction of sp³-hybridized carbons (Fsp3) is 0. The molecule has 2 heterocycles. The molecule has 0 fully saturated rings. The molecular weight excluding hydrogens is 813 g/mol. The predicted molar refractivity (Wildman–Crippen MR) is 282 cm³/mol. The number of rotatable bonds is 8. The molecular formula is C64H42N2O. The van der Waals surface area contributed by atoms with E-state index in [1.165, 1.54) is 49.3 Å². The van der Waals surface area contributed by atoms with Gasteiger partial charge in [-0.15, -0.1) is 0 Å². The number of benzene rings is 11. The number of furan rings is 1. The van der Waals surface area contributed by atoms with E-state index >= 15 is 0 Å². The van der Waals surface area contributed by atoms with Crippen LogP contribution in [0.15, 0.2) is 259 Å². The lowest BCUT2D eigenvalue weighted by atomic mass is 9.90. The lowest BCUT2D eigenvalue weighted by Gasteiger charge is -2.30. The third-order valence-electron chi connectivity index (χ3n) is 13.4. The van der Waals surface area contributed by atoms with Gasteiger partial charge in [0.2, 0.25) is 0 Å². The molecule has 0 unspecified atom stereocenters. The van der Waals surface area contributed by atoms with Crippen molar-refractivity contribution in [2.75, 3.05) is 4.90 Å². The highest BCUT2D eigenvalue weighted by atomic mass is 16.3. The van der Waals surface area contributed by atoms with Crippen LogP contribution in [0.3, 0.4) is 0 Å². The van der Waals surface area contributed by atoms with Crippen LogP contribution in [0.25, 0.3) is 105 Å². The summed E-state index contributed by atoms with van der Waals surface area (Å²) in [6.07, 6.45) is 0. The maximum Gasteiger partial charge on any atom is 0.143 e. The summed E-state index contributed by atoms with van der Waals surface area (Å²) in [7, 11) is 0. The monoisotopic (exact) mass is 854 g/mol. The second-order valence-electron chi connectivity index (χ2n) is 17.2. The topological polar surface area (TPSA) is 21.3 Å². The van der Waals surface area contributed by atoms with Crippen LogP contribution in [0.1, 0.15) is 0 Å². The zero-order chi connectivity index (χ0) is 44.3. The first kappa shape index (κ1) is 38.5. The van der Waals surface area contributed by atoms with Crippen molar-refractivity contribution in [1.29, 1.82) is 0 Å². The summed E-state index contributed by atoms with van der Waals surface area (Å²) >= 11 is 0. The Balaban J connectivity index is 1.02. The summed E-state index contributed by atoms with van der Waals surface area (Å²) in [6.45, 7) is 0. The molecule has 2 aromatic heterocycles. The van der Waals surface area contributed by atoms with Crippen LogP contribution in [0.4, 0.5) is 17.1 Å². The van der Waals surface area contributed by atoms with Crippen LogP contribution in [0.5, 0.6) is 0 Å². The minimum absolute atomic E-state index is 0.879. The van der Waals surface area contributed by atoms with Crippen molar-refractivity contribution in [3.05, 3.63) is 255 Å². The molecule has 0 aliphatic heterocycles. The normalized spacial score (nSPS) is 11.6. The van der Waals surface area contributed by atoms with Crippen LogP contribution in [-0.2, 0) is 0 Å². The van der Waals surface area contributed by atoms with Gasteiger partial charge in [-0.3, -0.25) is 0 Å². The van der Waals surface area contributed by atoms with Crippen molar-refractivity contribution in [1.82, 2.24) is 4.57 Å². The number of nitrogens with zero attached hydrogens (tertiary/aromatic N) is 2. The van der Waals surface area contributed by atoms with Gasteiger partial charge in [-0.1, -0.05) is 200 Å². The standard InChI is InChI=1S/C64H42N2O/c1-3-18-44(19-4-1)49-28-15-20-45-21-16-29-55(63(45)49)51-25-8-12-33-59(51)65(60-34-13-9-26-52(60)56-30-17-31-57-54-27-10-14-35-62(54)67-64(56)57)48-39-36-43(37-40-48)46-38-41-53-50-24-7-11-32-58(50)66(61(53)42-46)47-22-5-2-6-23-47/h1-42H. The molecule has 0 spiro atoms. The smallest absolute Gasteiger partial charge is 0.143 e. The molecule has 11 aromatic carbocycles. The number of para-hydroxylation sites is 6. The fourth-order valence-electron chi connectivity index (χ4n) is 10.4. The third-order valence-corrected chi connectivity index (χ3v) is 13.4. The third kappa shape index (κ3) is 6.43. The summed E-state index contributed by atoms with van der Waals surface area (Å²) in [5, 5.41) is 7.13. The fourth-order valence-corrected chi connectivity index (χ4v) is 10.4. The SMILES string of the molecule is c1ccc(-c2cccc3cccc(-c4ccccc4N(c4ccc(-c5ccc6c7ccccc7n(-c7ccccc7)c6c5)cc4)c4ccccc4-c4cccc5c4oc4ccccc45)c23)cc1. The number of aromatic nitrogens is 1. The van der Waals surface area contributed by atoms with Crippen molar-refractivity contribution in [3.63, 3.8) is 0 Å². The maximum atomic E-state index is 6.71. The van der Waals surface area contributed by atoms with E-state index in [0.717, 1.165) is 72.5 Å². The van der Waals surface area contributed by atoms with E-state index in [1.54, 1.807) is 0 Å². The molecule has 0 N–H and O–H groups in total. The van der Waals surface area contributed by atoms with Gasteiger partial charge in [0, 0.05) is 49.6 Å². The molecule has 3 heteroatoms. The summed E-state index contributed by atoms with van der Waals surface area (Å²) in [6, 6.07) is 91.9. The average molecular weight is 855 g/mol. The molecule has 0 atom stereocenters. The lowest BCUT2D eigenvalue weighted by Crippen LogP contribution is -2.12. The second-order valence-corrected chi connectivity index (χ2v) is 17.2. The van der Waals surface area contributed by atoms with Gasteiger partial charge in [0.1, 0.15) is 11.2 Å². The quantitative estimate of drug-likeness (QED) is 0.152. The van der Waals surface area contributed by atoms with Crippen molar-refractivity contribution in [3.8, 4) is 50.2 Å². The molecule has 0 amide bonds. The van der Waals surface area contributed by atoms with Crippen LogP contribution in [0.2, 0.25) is 0 Å². The number of fused-ring (bicyclic) bond motifs is 7. The molecule has 0 radical (unpaired) electrons. The van der Waals surface area contributed by atoms with Gasteiger partial charge in [-0.25, -0.2) is 0 Å². The Hall–Kier alpha value is -8.92. The Morgan fingerprint density at radius 3 is 1.66 bits per heavy atom. The first-order valence-electron chi connectivity index (χ1n) is 22.9. The van der Waals surface area contributed by atoms with E-state index in [0.29, 0.717) is 0 Å². The van der Waals surface area contributed by atoms with Crippen LogP contribution < -0.4 is 4.90 Å². The molecule has 0 bridgehead atoms. The molecule has 0 saturated heterocycles. The van der Waals surface area contributed by atoms with Gasteiger partial charge in [0.15, 0.2) is 0 Å². The van der Waals surface area contributed by atoms with Gasteiger partial charge >= 0.3 is 0 Å². The van der Waals surface area contributed by atoms with Crippen molar-refractivity contribution < 1.29 is 4.42 Å². The number of anilines is 3. The summed E-state index contributed by atoms with van der Waals surface area (Å²) in [5.74, 6) is 0. The Morgan fingerprint density at radius 2 is 0.881 bits per heavy atom. The predicted octanol–water partition coefficient (Wildman–Crippen LogP) is 18.0. The molecule has 13 aromatic rings.